The van der Waals surface area contributed by atoms with Crippen LogP contribution in [0.4, 0.5) is 4.39 Å². The van der Waals surface area contributed by atoms with Crippen LogP contribution in [0.2, 0.25) is 0 Å². The van der Waals surface area contributed by atoms with Crippen LogP contribution in [-0.4, -0.2) is 0 Å². The van der Waals surface area contributed by atoms with Crippen LogP contribution in [-0.2, 0) is 6.16 Å². The molecular formula is C25H22FP. The van der Waals surface area contributed by atoms with Crippen molar-refractivity contribution < 1.29 is 4.39 Å². The maximum atomic E-state index is 15.2. The van der Waals surface area contributed by atoms with Gasteiger partial charge in [-0.15, -0.1) is 0 Å². The molecule has 0 aliphatic heterocycles. The van der Waals surface area contributed by atoms with Crippen LogP contribution < -0.4 is 15.9 Å². The summed E-state index contributed by atoms with van der Waals surface area (Å²) >= 11 is 0. The molecule has 0 heterocycles. The average molecular weight is 372 g/mol. The quantitative estimate of drug-likeness (QED) is 0.430. The molecular weight excluding hydrogens is 350 g/mol. The molecule has 0 saturated carbocycles. The van der Waals surface area contributed by atoms with Crippen LogP contribution in [0.3, 0.4) is 0 Å². The summed E-state index contributed by atoms with van der Waals surface area (Å²) in [6, 6.07) is 38.7. The van der Waals surface area contributed by atoms with Gasteiger partial charge in [-0.05, 0) is 0 Å². The molecule has 0 unspecified atom stereocenters. The van der Waals surface area contributed by atoms with Gasteiger partial charge in [-0.1, -0.05) is 0 Å². The number of hydrogen-bond donors (Lipinski definition) is 0. The van der Waals surface area contributed by atoms with Gasteiger partial charge in [0.05, 0.1) is 0 Å². The van der Waals surface area contributed by atoms with E-state index in [2.05, 4.69) is 72.8 Å². The van der Waals surface area contributed by atoms with Crippen molar-refractivity contribution in [2.45, 2.75) is 6.16 Å². The number of benzene rings is 4. The molecule has 0 radical (unpaired) electrons. The number of halogens is 1. The average Bonchev–Trinajstić information content (AvgIpc) is 2.75. The summed E-state index contributed by atoms with van der Waals surface area (Å²) in [7, 11) is -2.58. The first-order valence-electron chi connectivity index (χ1n) is 9.21. The van der Waals surface area contributed by atoms with Crippen molar-refractivity contribution in [2.24, 2.45) is 0 Å². The first kappa shape index (κ1) is 17.6. The van der Waals surface area contributed by atoms with Gasteiger partial charge in [-0.25, -0.2) is 0 Å². The van der Waals surface area contributed by atoms with Crippen LogP contribution in [0.25, 0.3) is 0 Å². The monoisotopic (exact) mass is 372 g/mol. The summed E-state index contributed by atoms with van der Waals surface area (Å²) in [4.78, 5) is 0. The molecule has 0 fully saturated rings. The van der Waals surface area contributed by atoms with Crippen LogP contribution in [0, 0.1) is 5.82 Å². The second-order valence-electron chi connectivity index (χ2n) is 6.78. The van der Waals surface area contributed by atoms with Crippen LogP contribution in [0.1, 0.15) is 5.56 Å². The van der Waals surface area contributed by atoms with Gasteiger partial charge in [0.25, 0.3) is 0 Å². The predicted molar refractivity (Wildman–Crippen MR) is 117 cm³/mol. The van der Waals surface area contributed by atoms with Crippen molar-refractivity contribution >= 4 is 23.2 Å². The van der Waals surface area contributed by atoms with E-state index in [0.717, 1.165) is 11.5 Å². The maximum absolute atomic E-state index is 15.2. The van der Waals surface area contributed by atoms with E-state index in [1.54, 1.807) is 12.1 Å². The molecule has 0 aliphatic carbocycles. The Bertz CT molecular complexity index is 958. The Labute approximate surface area is 160 Å². The first-order chi connectivity index (χ1) is 13.3. The molecule has 2 heteroatoms. The molecule has 4 rings (SSSR count). The summed E-state index contributed by atoms with van der Waals surface area (Å²) in [5.41, 5.74) is 1.24. The second kappa shape index (κ2) is 7.86. The van der Waals surface area contributed by atoms with Crippen LogP contribution in [0.15, 0.2) is 115 Å². The van der Waals surface area contributed by atoms with Gasteiger partial charge in [-0.3, -0.25) is 0 Å². The molecule has 4 aromatic rings. The minimum atomic E-state index is -2.58. The van der Waals surface area contributed by atoms with E-state index in [0.29, 0.717) is 0 Å². The predicted octanol–water partition coefficient (Wildman–Crippen LogP) is 5.05. The van der Waals surface area contributed by atoms with E-state index >= 15 is 4.39 Å². The molecule has 0 spiro atoms. The zero-order valence-corrected chi connectivity index (χ0v) is 16.1. The van der Waals surface area contributed by atoms with E-state index < -0.39 is 7.26 Å². The van der Waals surface area contributed by atoms with Gasteiger partial charge >= 0.3 is 160 Å². The summed E-state index contributed by atoms with van der Waals surface area (Å²) in [6.45, 7) is 0. The molecule has 0 nitrogen and oxygen atoms in total. The fraction of sp³-hybridized carbons (Fsp3) is 0.0400. The van der Waals surface area contributed by atoms with Crippen molar-refractivity contribution in [3.63, 3.8) is 0 Å². The molecule has 0 N–H and O–H groups in total. The van der Waals surface area contributed by atoms with E-state index in [9.17, 15) is 0 Å². The van der Waals surface area contributed by atoms with Crippen molar-refractivity contribution in [1.29, 1.82) is 0 Å². The van der Waals surface area contributed by atoms with Crippen LogP contribution in [0.5, 0.6) is 0 Å². The fourth-order valence-electron chi connectivity index (χ4n) is 3.93. The Morgan fingerprint density at radius 2 is 0.963 bits per heavy atom. The molecule has 27 heavy (non-hydrogen) atoms. The van der Waals surface area contributed by atoms with E-state index in [4.69, 9.17) is 0 Å². The van der Waals surface area contributed by atoms with Crippen molar-refractivity contribution in [3.05, 3.63) is 127 Å². The van der Waals surface area contributed by atoms with Gasteiger partial charge in [-0.2, -0.15) is 0 Å². The second-order valence-corrected chi connectivity index (χ2v) is 10.6. The van der Waals surface area contributed by atoms with Gasteiger partial charge in [0.1, 0.15) is 0 Å². The number of hydrogen-bond acceptors (Lipinski definition) is 0. The Morgan fingerprint density at radius 1 is 0.519 bits per heavy atom. The zero-order chi connectivity index (χ0) is 18.5. The SMILES string of the molecule is Fc1ccccc1[PH](Cc1ccccc1)(c1ccccc1)c1ccccc1. The standard InChI is InChI=1S/C25H22FP/c26-24-18-10-11-19-25(24)27(22-14-6-2-7-15-22,23-16-8-3-9-17-23)20-21-12-4-1-5-13-21/h1-19,27H,20H2. The van der Waals surface area contributed by atoms with Gasteiger partial charge in [0.15, 0.2) is 0 Å². The van der Waals surface area contributed by atoms with Crippen molar-refractivity contribution in [2.75, 3.05) is 0 Å². The third kappa shape index (κ3) is 3.44. The summed E-state index contributed by atoms with van der Waals surface area (Å²) < 4.78 is 15.2. The van der Waals surface area contributed by atoms with E-state index in [1.165, 1.54) is 16.2 Å². The zero-order valence-electron chi connectivity index (χ0n) is 15.1. The van der Waals surface area contributed by atoms with Gasteiger partial charge in [0, 0.05) is 0 Å². The van der Waals surface area contributed by atoms with Gasteiger partial charge in [0.2, 0.25) is 0 Å². The van der Waals surface area contributed by atoms with E-state index in [1.807, 2.05) is 30.3 Å². The summed E-state index contributed by atoms with van der Waals surface area (Å²) in [6.07, 6.45) is 0.822. The first-order valence-corrected chi connectivity index (χ1v) is 11.4. The number of rotatable bonds is 5. The van der Waals surface area contributed by atoms with Crippen LogP contribution >= 0.6 is 7.26 Å². The Hall–Kier alpha value is -2.76. The molecule has 4 aromatic carbocycles. The Morgan fingerprint density at radius 3 is 1.48 bits per heavy atom. The normalized spacial score (nSPS) is 11.9. The Kier molecular flexibility index (Phi) is 5.14. The summed E-state index contributed by atoms with van der Waals surface area (Å²) in [5, 5.41) is 3.29. The topological polar surface area (TPSA) is 0 Å². The molecule has 0 saturated heterocycles. The molecule has 0 bridgehead atoms. The molecule has 0 aliphatic rings. The third-order valence-corrected chi connectivity index (χ3v) is 10.1. The third-order valence-electron chi connectivity index (χ3n) is 5.18. The molecule has 134 valence electrons. The molecule has 0 atom stereocenters. The molecule has 0 aromatic heterocycles. The van der Waals surface area contributed by atoms with Crippen molar-refractivity contribution in [1.82, 2.24) is 0 Å². The minimum absolute atomic E-state index is 0.118. The summed E-state index contributed by atoms with van der Waals surface area (Å²) in [5.74, 6) is -0.118. The van der Waals surface area contributed by atoms with Crippen molar-refractivity contribution in [3.8, 4) is 0 Å². The molecule has 0 amide bonds. The van der Waals surface area contributed by atoms with Gasteiger partial charge < -0.3 is 0 Å². The fourth-order valence-corrected chi connectivity index (χ4v) is 8.73. The van der Waals surface area contributed by atoms with E-state index in [-0.39, 0.29) is 5.82 Å². The Balaban J connectivity index is 2.04.